The molecule has 0 aromatic heterocycles. The Labute approximate surface area is 119 Å². The summed E-state index contributed by atoms with van der Waals surface area (Å²) >= 11 is 0. The Hall–Kier alpha value is -2.29. The predicted octanol–water partition coefficient (Wildman–Crippen LogP) is 4.04. The fourth-order valence-electron chi connectivity index (χ4n) is 1.83. The van der Waals surface area contributed by atoms with E-state index in [0.29, 0.717) is 17.9 Å². The van der Waals surface area contributed by atoms with Gasteiger partial charge in [-0.3, -0.25) is 4.79 Å². The van der Waals surface area contributed by atoms with E-state index in [1.807, 2.05) is 56.3 Å². The molecule has 1 amide bonds. The fraction of sp³-hybridized carbons (Fsp3) is 0.235. The number of anilines is 1. The zero-order valence-corrected chi connectivity index (χ0v) is 11.8. The van der Waals surface area contributed by atoms with E-state index in [0.717, 1.165) is 17.7 Å². The first-order chi connectivity index (χ1) is 9.70. The molecule has 0 heterocycles. The van der Waals surface area contributed by atoms with Crippen molar-refractivity contribution >= 4 is 11.6 Å². The molecule has 0 radical (unpaired) electrons. The molecule has 104 valence electrons. The van der Waals surface area contributed by atoms with Gasteiger partial charge < -0.3 is 10.1 Å². The average Bonchev–Trinajstić information content (AvgIpc) is 2.47. The molecular formula is C17H19NO2. The molecule has 20 heavy (non-hydrogen) atoms. The van der Waals surface area contributed by atoms with Crippen LogP contribution in [-0.4, -0.2) is 12.5 Å². The lowest BCUT2D eigenvalue weighted by molar-refractivity contribution is 0.102. The highest BCUT2D eigenvalue weighted by Gasteiger charge is 2.11. The quantitative estimate of drug-likeness (QED) is 0.889. The number of hydrogen-bond acceptors (Lipinski definition) is 2. The zero-order valence-electron chi connectivity index (χ0n) is 11.8. The molecular weight excluding hydrogens is 250 g/mol. The molecule has 0 bridgehead atoms. The van der Waals surface area contributed by atoms with Crippen LogP contribution in [0, 0.1) is 6.92 Å². The number of hydrogen-bond donors (Lipinski definition) is 1. The van der Waals surface area contributed by atoms with Crippen molar-refractivity contribution in [3.05, 3.63) is 59.7 Å². The van der Waals surface area contributed by atoms with Gasteiger partial charge in [-0.1, -0.05) is 36.8 Å². The van der Waals surface area contributed by atoms with Gasteiger partial charge in [0.05, 0.1) is 12.2 Å². The van der Waals surface area contributed by atoms with E-state index in [-0.39, 0.29) is 5.91 Å². The lowest BCUT2D eigenvalue weighted by atomic mass is 10.1. The van der Waals surface area contributed by atoms with Crippen molar-refractivity contribution in [3.63, 3.8) is 0 Å². The third kappa shape index (κ3) is 3.60. The van der Waals surface area contributed by atoms with Crippen molar-refractivity contribution in [2.45, 2.75) is 20.3 Å². The fourth-order valence-corrected chi connectivity index (χ4v) is 1.83. The van der Waals surface area contributed by atoms with Crippen LogP contribution in [0.5, 0.6) is 5.75 Å². The number of ether oxygens (including phenoxy) is 1. The summed E-state index contributed by atoms with van der Waals surface area (Å²) < 4.78 is 5.60. The summed E-state index contributed by atoms with van der Waals surface area (Å²) in [6.07, 6.45) is 0.911. The molecule has 0 spiro atoms. The van der Waals surface area contributed by atoms with Gasteiger partial charge in [-0.15, -0.1) is 0 Å². The van der Waals surface area contributed by atoms with E-state index >= 15 is 0 Å². The Balaban J connectivity index is 2.14. The largest absolute Gasteiger partial charge is 0.493 e. The van der Waals surface area contributed by atoms with E-state index in [2.05, 4.69) is 5.32 Å². The molecule has 3 nitrogen and oxygen atoms in total. The first-order valence-corrected chi connectivity index (χ1v) is 6.80. The van der Waals surface area contributed by atoms with Crippen LogP contribution in [0.2, 0.25) is 0 Å². The third-order valence-corrected chi connectivity index (χ3v) is 2.90. The maximum absolute atomic E-state index is 12.3. The minimum absolute atomic E-state index is 0.152. The Morgan fingerprint density at radius 1 is 1.10 bits per heavy atom. The lowest BCUT2D eigenvalue weighted by Crippen LogP contribution is -2.13. The number of carbonyl (C=O) groups excluding carboxylic acids is 1. The van der Waals surface area contributed by atoms with Crippen LogP contribution < -0.4 is 10.1 Å². The van der Waals surface area contributed by atoms with Crippen LogP contribution in [0.3, 0.4) is 0 Å². The van der Waals surface area contributed by atoms with Gasteiger partial charge in [-0.05, 0) is 37.6 Å². The zero-order chi connectivity index (χ0) is 14.4. The third-order valence-electron chi connectivity index (χ3n) is 2.90. The minimum atomic E-state index is -0.152. The van der Waals surface area contributed by atoms with Gasteiger partial charge in [0.15, 0.2) is 0 Å². The van der Waals surface area contributed by atoms with E-state index in [1.165, 1.54) is 0 Å². The predicted molar refractivity (Wildman–Crippen MR) is 81.4 cm³/mol. The number of rotatable bonds is 5. The molecule has 0 atom stereocenters. The lowest BCUT2D eigenvalue weighted by Gasteiger charge is -2.11. The van der Waals surface area contributed by atoms with Crippen molar-refractivity contribution in [1.82, 2.24) is 0 Å². The topological polar surface area (TPSA) is 38.3 Å². The summed E-state index contributed by atoms with van der Waals surface area (Å²) in [5, 5.41) is 2.88. The maximum Gasteiger partial charge on any atom is 0.259 e. The van der Waals surface area contributed by atoms with E-state index < -0.39 is 0 Å². The molecule has 0 aliphatic rings. The highest BCUT2D eigenvalue weighted by atomic mass is 16.5. The highest BCUT2D eigenvalue weighted by molar-refractivity contribution is 6.06. The van der Waals surface area contributed by atoms with Crippen LogP contribution in [0.4, 0.5) is 5.69 Å². The van der Waals surface area contributed by atoms with Gasteiger partial charge >= 0.3 is 0 Å². The number of amides is 1. The Kier molecular flexibility index (Phi) is 4.77. The van der Waals surface area contributed by atoms with Gasteiger partial charge in [0.2, 0.25) is 0 Å². The number of carbonyl (C=O) groups is 1. The van der Waals surface area contributed by atoms with Crippen LogP contribution in [0.25, 0.3) is 0 Å². The van der Waals surface area contributed by atoms with Crippen molar-refractivity contribution in [2.24, 2.45) is 0 Å². The molecule has 0 aliphatic heterocycles. The van der Waals surface area contributed by atoms with Crippen molar-refractivity contribution in [3.8, 4) is 5.75 Å². The van der Waals surface area contributed by atoms with E-state index in [4.69, 9.17) is 4.74 Å². The molecule has 2 rings (SSSR count). The van der Waals surface area contributed by atoms with Gasteiger partial charge in [0, 0.05) is 5.69 Å². The Bertz CT molecular complexity index is 576. The smallest absolute Gasteiger partial charge is 0.259 e. The van der Waals surface area contributed by atoms with Gasteiger partial charge in [0.25, 0.3) is 5.91 Å². The molecule has 3 heteroatoms. The normalized spacial score (nSPS) is 10.1. The Morgan fingerprint density at radius 3 is 2.50 bits per heavy atom. The first-order valence-electron chi connectivity index (χ1n) is 6.80. The second kappa shape index (κ2) is 6.75. The van der Waals surface area contributed by atoms with Crippen LogP contribution in [-0.2, 0) is 0 Å². The first kappa shape index (κ1) is 14.1. The molecule has 0 unspecified atom stereocenters. The van der Waals surface area contributed by atoms with E-state index in [9.17, 15) is 4.79 Å². The molecule has 0 aliphatic carbocycles. The van der Waals surface area contributed by atoms with Gasteiger partial charge in [-0.2, -0.15) is 0 Å². The molecule has 0 fully saturated rings. The number of benzene rings is 2. The molecule has 0 saturated heterocycles. The SMILES string of the molecule is CCCOc1ccccc1C(=O)Nc1ccc(C)cc1. The van der Waals surface area contributed by atoms with Crippen molar-refractivity contribution in [1.29, 1.82) is 0 Å². The minimum Gasteiger partial charge on any atom is -0.493 e. The standard InChI is InChI=1S/C17H19NO2/c1-3-12-20-16-7-5-4-6-15(16)17(19)18-14-10-8-13(2)9-11-14/h4-11H,3,12H2,1-2H3,(H,18,19). The summed E-state index contributed by atoms with van der Waals surface area (Å²) in [6.45, 7) is 4.66. The highest BCUT2D eigenvalue weighted by Crippen LogP contribution is 2.20. The van der Waals surface area contributed by atoms with E-state index in [1.54, 1.807) is 6.07 Å². The van der Waals surface area contributed by atoms with Gasteiger partial charge in [-0.25, -0.2) is 0 Å². The summed E-state index contributed by atoms with van der Waals surface area (Å²) in [6, 6.07) is 15.0. The van der Waals surface area contributed by atoms with Crippen molar-refractivity contribution in [2.75, 3.05) is 11.9 Å². The molecule has 2 aromatic carbocycles. The number of para-hydroxylation sites is 1. The van der Waals surface area contributed by atoms with Gasteiger partial charge in [0.1, 0.15) is 5.75 Å². The van der Waals surface area contributed by atoms with Crippen molar-refractivity contribution < 1.29 is 9.53 Å². The van der Waals surface area contributed by atoms with Crippen LogP contribution in [0.1, 0.15) is 29.3 Å². The summed E-state index contributed by atoms with van der Waals surface area (Å²) in [5.41, 5.74) is 2.50. The second-order valence-electron chi connectivity index (χ2n) is 4.66. The summed E-state index contributed by atoms with van der Waals surface area (Å²) in [5.74, 6) is 0.472. The number of aryl methyl sites for hydroxylation is 1. The monoisotopic (exact) mass is 269 g/mol. The average molecular weight is 269 g/mol. The molecule has 2 aromatic rings. The molecule has 0 saturated carbocycles. The molecule has 1 N–H and O–H groups in total. The second-order valence-corrected chi connectivity index (χ2v) is 4.66. The number of nitrogens with one attached hydrogen (secondary N) is 1. The van der Waals surface area contributed by atoms with Crippen LogP contribution in [0.15, 0.2) is 48.5 Å². The summed E-state index contributed by atoms with van der Waals surface area (Å²) in [4.78, 5) is 12.3. The van der Waals surface area contributed by atoms with Crippen LogP contribution >= 0.6 is 0 Å². The Morgan fingerprint density at radius 2 is 1.80 bits per heavy atom. The summed E-state index contributed by atoms with van der Waals surface area (Å²) in [7, 11) is 0. The maximum atomic E-state index is 12.3.